The molecule has 1 fully saturated rings. The number of ketones is 1. The maximum atomic E-state index is 12.4. The minimum Gasteiger partial charge on any atom is -0.481 e. The average Bonchev–Trinajstić information content (AvgIpc) is 2.98. The summed E-state index contributed by atoms with van der Waals surface area (Å²) in [6.07, 6.45) is 4.71. The summed E-state index contributed by atoms with van der Waals surface area (Å²) < 4.78 is 0. The highest BCUT2D eigenvalue weighted by Crippen LogP contribution is 2.34. The Hall–Kier alpha value is -2.96. The van der Waals surface area contributed by atoms with Gasteiger partial charge in [-0.15, -0.1) is 0 Å². The number of nitrogens with one attached hydrogen (secondary N) is 1. The van der Waals surface area contributed by atoms with Crippen LogP contribution in [0.15, 0.2) is 42.5 Å². The summed E-state index contributed by atoms with van der Waals surface area (Å²) in [6.45, 7) is 0. The molecule has 150 valence electrons. The monoisotopic (exact) mass is 387 g/mol. The lowest BCUT2D eigenvalue weighted by atomic mass is 9.89. The van der Waals surface area contributed by atoms with Crippen LogP contribution in [0.25, 0.3) is 0 Å². The van der Waals surface area contributed by atoms with Gasteiger partial charge in [0.1, 0.15) is 11.8 Å². The van der Waals surface area contributed by atoms with Crippen molar-refractivity contribution >= 4 is 23.6 Å². The SMILES string of the molecule is O=C(O)C/C=C\C[C@@H]1C(=O)CC[C@@H]1CC(=O)N[C@@H](Cc1ccccc1)C(=O)O. The zero-order chi connectivity index (χ0) is 20.5. The van der Waals surface area contributed by atoms with Crippen molar-refractivity contribution in [3.8, 4) is 0 Å². The summed E-state index contributed by atoms with van der Waals surface area (Å²) in [5, 5.41) is 20.6. The Morgan fingerprint density at radius 1 is 1.14 bits per heavy atom. The van der Waals surface area contributed by atoms with Gasteiger partial charge in [0.05, 0.1) is 6.42 Å². The molecular weight excluding hydrogens is 362 g/mol. The van der Waals surface area contributed by atoms with E-state index in [4.69, 9.17) is 5.11 Å². The fraction of sp³-hybridized carbons (Fsp3) is 0.429. The van der Waals surface area contributed by atoms with E-state index in [1.54, 1.807) is 18.2 Å². The lowest BCUT2D eigenvalue weighted by molar-refractivity contribution is -0.142. The molecule has 7 heteroatoms. The summed E-state index contributed by atoms with van der Waals surface area (Å²) in [4.78, 5) is 46.5. The minimum absolute atomic E-state index is 0.0665. The molecule has 0 aliphatic heterocycles. The van der Waals surface area contributed by atoms with Crippen LogP contribution in [0.3, 0.4) is 0 Å². The van der Waals surface area contributed by atoms with Crippen LogP contribution in [0.4, 0.5) is 0 Å². The first-order chi connectivity index (χ1) is 13.4. The van der Waals surface area contributed by atoms with E-state index >= 15 is 0 Å². The van der Waals surface area contributed by atoms with Gasteiger partial charge >= 0.3 is 11.9 Å². The van der Waals surface area contributed by atoms with Crippen LogP contribution >= 0.6 is 0 Å². The fourth-order valence-corrected chi connectivity index (χ4v) is 3.51. The molecule has 3 atom stereocenters. The first kappa shape index (κ1) is 21.3. The Balaban J connectivity index is 1.91. The standard InChI is InChI=1S/C21H25NO6/c23-18-11-10-15(16(18)8-4-5-9-20(25)26)13-19(24)22-17(21(27)28)12-14-6-2-1-3-7-14/h1-7,15-17H,8-13H2,(H,22,24)(H,25,26)(H,27,28)/b5-4-/t15-,16+,17+/m1/s1. The number of benzene rings is 1. The van der Waals surface area contributed by atoms with E-state index in [2.05, 4.69) is 5.32 Å². The maximum absolute atomic E-state index is 12.4. The Morgan fingerprint density at radius 2 is 1.86 bits per heavy atom. The molecule has 1 aliphatic rings. The van der Waals surface area contributed by atoms with E-state index in [1.165, 1.54) is 6.08 Å². The largest absolute Gasteiger partial charge is 0.481 e. The van der Waals surface area contributed by atoms with Gasteiger partial charge in [-0.05, 0) is 24.3 Å². The smallest absolute Gasteiger partial charge is 0.326 e. The number of hydrogen-bond acceptors (Lipinski definition) is 4. The second-order valence-corrected chi connectivity index (χ2v) is 7.03. The second-order valence-electron chi connectivity index (χ2n) is 7.03. The third kappa shape index (κ3) is 6.64. The van der Waals surface area contributed by atoms with Gasteiger partial charge in [0, 0.05) is 25.2 Å². The van der Waals surface area contributed by atoms with Crippen LogP contribution in [0, 0.1) is 11.8 Å². The van der Waals surface area contributed by atoms with Gasteiger partial charge in [0.15, 0.2) is 0 Å². The molecule has 0 aromatic heterocycles. The van der Waals surface area contributed by atoms with E-state index in [9.17, 15) is 24.3 Å². The van der Waals surface area contributed by atoms with E-state index in [0.717, 1.165) is 5.56 Å². The average molecular weight is 387 g/mol. The van der Waals surface area contributed by atoms with Crippen molar-refractivity contribution in [2.45, 2.75) is 44.6 Å². The highest BCUT2D eigenvalue weighted by Gasteiger charge is 2.35. The maximum Gasteiger partial charge on any atom is 0.326 e. The molecule has 1 aromatic carbocycles. The molecule has 0 radical (unpaired) electrons. The summed E-state index contributed by atoms with van der Waals surface area (Å²) in [7, 11) is 0. The van der Waals surface area contributed by atoms with Crippen molar-refractivity contribution < 1.29 is 29.4 Å². The van der Waals surface area contributed by atoms with Crippen molar-refractivity contribution in [2.24, 2.45) is 11.8 Å². The van der Waals surface area contributed by atoms with Gasteiger partial charge in [-0.25, -0.2) is 4.79 Å². The topological polar surface area (TPSA) is 121 Å². The van der Waals surface area contributed by atoms with Gasteiger partial charge < -0.3 is 15.5 Å². The fourth-order valence-electron chi connectivity index (χ4n) is 3.51. The quantitative estimate of drug-likeness (QED) is 0.529. The Bertz CT molecular complexity index is 743. The number of amides is 1. The predicted octanol–water partition coefficient (Wildman–Crippen LogP) is 2.20. The van der Waals surface area contributed by atoms with E-state index in [1.807, 2.05) is 18.2 Å². The number of carboxylic acid groups (broad SMARTS) is 2. The molecule has 0 unspecified atom stereocenters. The third-order valence-electron chi connectivity index (χ3n) is 4.96. The first-order valence-electron chi connectivity index (χ1n) is 9.32. The zero-order valence-electron chi connectivity index (χ0n) is 15.5. The van der Waals surface area contributed by atoms with Crippen molar-refractivity contribution in [1.29, 1.82) is 0 Å². The molecular formula is C21H25NO6. The van der Waals surface area contributed by atoms with Crippen molar-refractivity contribution in [3.63, 3.8) is 0 Å². The molecule has 0 saturated heterocycles. The molecule has 1 aromatic rings. The molecule has 1 saturated carbocycles. The lowest BCUT2D eigenvalue weighted by Crippen LogP contribution is -2.43. The molecule has 0 spiro atoms. The van der Waals surface area contributed by atoms with Crippen LogP contribution in [0.2, 0.25) is 0 Å². The van der Waals surface area contributed by atoms with E-state index in [-0.39, 0.29) is 42.8 Å². The molecule has 3 N–H and O–H groups in total. The molecule has 1 aliphatic carbocycles. The predicted molar refractivity (Wildman–Crippen MR) is 102 cm³/mol. The normalized spacial score (nSPS) is 20.2. The van der Waals surface area contributed by atoms with Crippen LogP contribution in [-0.2, 0) is 25.6 Å². The Labute approximate surface area is 163 Å². The summed E-state index contributed by atoms with van der Waals surface area (Å²) in [5.41, 5.74) is 0.813. The van der Waals surface area contributed by atoms with Crippen LogP contribution in [0.1, 0.15) is 37.7 Å². The number of carbonyl (C=O) groups is 4. The molecule has 0 heterocycles. The highest BCUT2D eigenvalue weighted by molar-refractivity contribution is 5.87. The van der Waals surface area contributed by atoms with Crippen molar-refractivity contribution in [1.82, 2.24) is 5.32 Å². The number of aliphatic carboxylic acids is 2. The number of carbonyl (C=O) groups excluding carboxylic acids is 2. The number of Topliss-reactive ketones (excluding diaryl/α,β-unsaturated/α-hetero) is 1. The summed E-state index contributed by atoms with van der Waals surface area (Å²) in [6, 6.07) is 8.03. The van der Waals surface area contributed by atoms with Crippen molar-refractivity contribution in [2.75, 3.05) is 0 Å². The van der Waals surface area contributed by atoms with Crippen LogP contribution in [-0.4, -0.2) is 39.9 Å². The van der Waals surface area contributed by atoms with Gasteiger partial charge in [-0.3, -0.25) is 14.4 Å². The summed E-state index contributed by atoms with van der Waals surface area (Å²) in [5.74, 6) is -2.85. The van der Waals surface area contributed by atoms with Gasteiger partial charge in [0.25, 0.3) is 0 Å². The zero-order valence-corrected chi connectivity index (χ0v) is 15.5. The van der Waals surface area contributed by atoms with Crippen molar-refractivity contribution in [3.05, 3.63) is 48.0 Å². The van der Waals surface area contributed by atoms with E-state index < -0.39 is 18.0 Å². The summed E-state index contributed by atoms with van der Waals surface area (Å²) >= 11 is 0. The van der Waals surface area contributed by atoms with E-state index in [0.29, 0.717) is 19.3 Å². The highest BCUT2D eigenvalue weighted by atomic mass is 16.4. The molecule has 0 bridgehead atoms. The number of allylic oxidation sites excluding steroid dienone is 1. The Morgan fingerprint density at radius 3 is 2.50 bits per heavy atom. The number of hydrogen-bond donors (Lipinski definition) is 3. The second kappa shape index (κ2) is 10.4. The molecule has 1 amide bonds. The lowest BCUT2D eigenvalue weighted by Gasteiger charge is -2.19. The van der Waals surface area contributed by atoms with Crippen LogP contribution in [0.5, 0.6) is 0 Å². The third-order valence-corrected chi connectivity index (χ3v) is 4.96. The van der Waals surface area contributed by atoms with Gasteiger partial charge in [0.2, 0.25) is 5.91 Å². The van der Waals surface area contributed by atoms with Crippen LogP contribution < -0.4 is 5.32 Å². The molecule has 28 heavy (non-hydrogen) atoms. The minimum atomic E-state index is -1.10. The van der Waals surface area contributed by atoms with Gasteiger partial charge in [-0.2, -0.15) is 0 Å². The Kier molecular flexibility index (Phi) is 7.92. The first-order valence-corrected chi connectivity index (χ1v) is 9.32. The molecule has 2 rings (SSSR count). The molecule has 7 nitrogen and oxygen atoms in total. The van der Waals surface area contributed by atoms with Gasteiger partial charge in [-0.1, -0.05) is 42.5 Å². The number of rotatable bonds is 10. The number of carboxylic acids is 2.